The highest BCUT2D eigenvalue weighted by Gasteiger charge is 2.27. The van der Waals surface area contributed by atoms with Gasteiger partial charge < -0.3 is 14.6 Å². The first-order valence-corrected chi connectivity index (χ1v) is 7.04. The van der Waals surface area contributed by atoms with Crippen LogP contribution in [0.2, 0.25) is 0 Å². The van der Waals surface area contributed by atoms with E-state index < -0.39 is 21.2 Å². The van der Waals surface area contributed by atoms with Gasteiger partial charge in [-0.2, -0.15) is 0 Å². The lowest BCUT2D eigenvalue weighted by atomic mass is 10.2. The number of rotatable bonds is 5. The second-order valence-electron chi connectivity index (χ2n) is 4.03. The van der Waals surface area contributed by atoms with Crippen molar-refractivity contribution in [2.24, 2.45) is 0 Å². The average molecular weight is 287 g/mol. The largest absolute Gasteiger partial charge is 0.480 e. The van der Waals surface area contributed by atoms with Gasteiger partial charge in [-0.25, -0.2) is 13.1 Å². The molecular formula is C11H13NO6S. The molecule has 0 radical (unpaired) electrons. The summed E-state index contributed by atoms with van der Waals surface area (Å²) in [5, 5.41) is 7.19. The minimum atomic E-state index is -3.89. The lowest BCUT2D eigenvalue weighted by molar-refractivity contribution is -0.136. The smallest absolute Gasteiger partial charge is 0.323 e. The van der Waals surface area contributed by atoms with Gasteiger partial charge in [0, 0.05) is 6.54 Å². The number of nitrogens with one attached hydrogen (secondary N) is 1. The molecule has 2 N–H and O–H groups in total. The van der Waals surface area contributed by atoms with Crippen LogP contribution in [0.3, 0.4) is 0 Å². The molecule has 1 unspecified atom stereocenters. The third-order valence-corrected chi connectivity index (χ3v) is 4.41. The Labute approximate surface area is 110 Å². The highest BCUT2D eigenvalue weighted by Crippen LogP contribution is 2.32. The van der Waals surface area contributed by atoms with Gasteiger partial charge in [0.15, 0.2) is 16.7 Å². The Balaban J connectivity index is 2.05. The number of hydrogen-bond acceptors (Lipinski definition) is 5. The summed E-state index contributed by atoms with van der Waals surface area (Å²) in [5.74, 6) is -0.244. The lowest BCUT2D eigenvalue weighted by Gasteiger charge is -2.10. The van der Waals surface area contributed by atoms with E-state index in [4.69, 9.17) is 14.6 Å². The molecule has 19 heavy (non-hydrogen) atoms. The van der Waals surface area contributed by atoms with E-state index in [-0.39, 0.29) is 13.3 Å². The Morgan fingerprint density at radius 2 is 2.11 bits per heavy atom. The Morgan fingerprint density at radius 1 is 1.42 bits per heavy atom. The summed E-state index contributed by atoms with van der Waals surface area (Å²) < 4.78 is 35.8. The standard InChI is InChI=1S/C11H13NO6S/c1-7(11(13)14)19(15,16)12-5-8-2-3-9-10(4-8)18-6-17-9/h2-4,7,12H,5-6H2,1H3,(H,13,14). The van der Waals surface area contributed by atoms with Gasteiger partial charge in [-0.1, -0.05) is 6.07 Å². The average Bonchev–Trinajstić information content (AvgIpc) is 2.82. The van der Waals surface area contributed by atoms with Crippen molar-refractivity contribution in [3.8, 4) is 11.5 Å². The summed E-state index contributed by atoms with van der Waals surface area (Å²) in [5.41, 5.74) is 0.658. The van der Waals surface area contributed by atoms with Gasteiger partial charge in [0.2, 0.25) is 16.8 Å². The molecule has 0 amide bonds. The van der Waals surface area contributed by atoms with E-state index in [9.17, 15) is 13.2 Å². The quantitative estimate of drug-likeness (QED) is 0.808. The van der Waals surface area contributed by atoms with Crippen molar-refractivity contribution in [1.29, 1.82) is 0 Å². The number of sulfonamides is 1. The number of ether oxygens (including phenoxy) is 2. The number of carboxylic acid groups (broad SMARTS) is 1. The molecule has 7 nitrogen and oxygen atoms in total. The molecule has 8 heteroatoms. The highest BCUT2D eigenvalue weighted by atomic mass is 32.2. The van der Waals surface area contributed by atoms with Gasteiger partial charge in [-0.3, -0.25) is 4.79 Å². The van der Waals surface area contributed by atoms with Gasteiger partial charge in [-0.05, 0) is 24.6 Å². The second kappa shape index (κ2) is 5.06. The normalized spacial score (nSPS) is 15.2. The van der Waals surface area contributed by atoms with Crippen LogP contribution in [-0.4, -0.2) is 31.5 Å². The van der Waals surface area contributed by atoms with Gasteiger partial charge >= 0.3 is 5.97 Å². The molecule has 0 spiro atoms. The highest BCUT2D eigenvalue weighted by molar-refractivity contribution is 7.90. The number of benzene rings is 1. The van der Waals surface area contributed by atoms with Crippen molar-refractivity contribution >= 4 is 16.0 Å². The van der Waals surface area contributed by atoms with Crippen LogP contribution in [-0.2, 0) is 21.4 Å². The summed E-state index contributed by atoms with van der Waals surface area (Å²) in [6, 6.07) is 5.00. The maximum atomic E-state index is 11.6. The molecule has 1 aliphatic heterocycles. The summed E-state index contributed by atoms with van der Waals surface area (Å²) in [6.07, 6.45) is 0. The predicted molar refractivity (Wildman–Crippen MR) is 65.4 cm³/mol. The third-order valence-electron chi connectivity index (χ3n) is 2.73. The Bertz CT molecular complexity index is 597. The van der Waals surface area contributed by atoms with Gasteiger partial charge in [-0.15, -0.1) is 0 Å². The van der Waals surface area contributed by atoms with E-state index >= 15 is 0 Å². The van der Waals surface area contributed by atoms with Crippen molar-refractivity contribution in [2.75, 3.05) is 6.79 Å². The van der Waals surface area contributed by atoms with Gasteiger partial charge in [0.05, 0.1) is 0 Å². The number of fused-ring (bicyclic) bond motifs is 1. The SMILES string of the molecule is CC(C(=O)O)S(=O)(=O)NCc1ccc2c(c1)OCO2. The Hall–Kier alpha value is -1.80. The molecule has 0 bridgehead atoms. The van der Waals surface area contributed by atoms with Crippen LogP contribution in [0.5, 0.6) is 11.5 Å². The lowest BCUT2D eigenvalue weighted by Crippen LogP contribution is -2.37. The van der Waals surface area contributed by atoms with Crippen LogP contribution in [0.25, 0.3) is 0 Å². The van der Waals surface area contributed by atoms with Crippen LogP contribution < -0.4 is 14.2 Å². The maximum absolute atomic E-state index is 11.6. The van der Waals surface area contributed by atoms with Crippen LogP contribution in [0.15, 0.2) is 18.2 Å². The molecule has 1 aromatic rings. The molecule has 0 fully saturated rings. The van der Waals surface area contributed by atoms with Crippen molar-refractivity contribution in [3.63, 3.8) is 0 Å². The van der Waals surface area contributed by atoms with E-state index in [2.05, 4.69) is 4.72 Å². The summed E-state index contributed by atoms with van der Waals surface area (Å²) in [4.78, 5) is 10.7. The molecule has 2 rings (SSSR count). The Morgan fingerprint density at radius 3 is 2.79 bits per heavy atom. The van der Waals surface area contributed by atoms with E-state index in [0.717, 1.165) is 6.92 Å². The molecule has 1 aliphatic rings. The maximum Gasteiger partial charge on any atom is 0.323 e. The van der Waals surface area contributed by atoms with E-state index in [0.29, 0.717) is 17.1 Å². The molecule has 1 atom stereocenters. The predicted octanol–water partition coefficient (Wildman–Crippen LogP) is 0.308. The molecule has 0 saturated heterocycles. The topological polar surface area (TPSA) is 102 Å². The van der Waals surface area contributed by atoms with Crippen molar-refractivity contribution in [2.45, 2.75) is 18.7 Å². The fourth-order valence-electron chi connectivity index (χ4n) is 1.49. The van der Waals surface area contributed by atoms with Gasteiger partial charge in [0.1, 0.15) is 0 Å². The zero-order valence-electron chi connectivity index (χ0n) is 10.1. The molecule has 0 aliphatic carbocycles. The zero-order chi connectivity index (χ0) is 14.0. The first-order valence-electron chi connectivity index (χ1n) is 5.50. The van der Waals surface area contributed by atoms with E-state index in [1.807, 2.05) is 0 Å². The molecule has 1 aromatic carbocycles. The molecule has 0 aromatic heterocycles. The minimum Gasteiger partial charge on any atom is -0.480 e. The first-order chi connectivity index (χ1) is 8.90. The molecule has 104 valence electrons. The molecule has 1 heterocycles. The number of carboxylic acids is 1. The monoisotopic (exact) mass is 287 g/mol. The second-order valence-corrected chi connectivity index (χ2v) is 6.12. The third kappa shape index (κ3) is 2.96. The van der Waals surface area contributed by atoms with Crippen molar-refractivity contribution < 1.29 is 27.8 Å². The van der Waals surface area contributed by atoms with Crippen LogP contribution in [0, 0.1) is 0 Å². The number of carbonyl (C=O) groups is 1. The molecular weight excluding hydrogens is 274 g/mol. The fraction of sp³-hybridized carbons (Fsp3) is 0.364. The number of hydrogen-bond donors (Lipinski definition) is 2. The van der Waals surface area contributed by atoms with Crippen molar-refractivity contribution in [3.05, 3.63) is 23.8 Å². The number of aliphatic carboxylic acids is 1. The van der Waals surface area contributed by atoms with Crippen LogP contribution in [0.1, 0.15) is 12.5 Å². The Kier molecular flexibility index (Phi) is 3.63. The summed E-state index contributed by atoms with van der Waals surface area (Å²) in [6.45, 7) is 1.25. The fourth-order valence-corrected chi connectivity index (χ4v) is 2.38. The zero-order valence-corrected chi connectivity index (χ0v) is 10.9. The summed E-state index contributed by atoms with van der Waals surface area (Å²) >= 11 is 0. The van der Waals surface area contributed by atoms with Crippen molar-refractivity contribution in [1.82, 2.24) is 4.72 Å². The van der Waals surface area contributed by atoms with Gasteiger partial charge in [0.25, 0.3) is 0 Å². The van der Waals surface area contributed by atoms with Crippen LogP contribution in [0.4, 0.5) is 0 Å². The summed E-state index contributed by atoms with van der Waals surface area (Å²) in [7, 11) is -3.89. The first kappa shape index (κ1) is 13.6. The molecule has 0 saturated carbocycles. The van der Waals surface area contributed by atoms with E-state index in [1.54, 1.807) is 18.2 Å². The van der Waals surface area contributed by atoms with Crippen LogP contribution >= 0.6 is 0 Å². The minimum absolute atomic E-state index is 0.00338. The van der Waals surface area contributed by atoms with E-state index in [1.165, 1.54) is 0 Å².